The maximum Gasteiger partial charge on any atom is 0.0932 e. The summed E-state index contributed by atoms with van der Waals surface area (Å²) in [6.45, 7) is 0.563. The molecule has 0 saturated heterocycles. The molecule has 1 unspecified atom stereocenters. The fourth-order valence-electron chi connectivity index (χ4n) is 0.809. The zero-order chi connectivity index (χ0) is 8.27. The summed E-state index contributed by atoms with van der Waals surface area (Å²) < 4.78 is 0.718. The number of aliphatic hydroxyl groups excluding tert-OH is 1. The van der Waals surface area contributed by atoms with Crippen molar-refractivity contribution in [2.75, 3.05) is 13.6 Å². The van der Waals surface area contributed by atoms with Crippen molar-refractivity contribution < 1.29 is 5.11 Å². The van der Waals surface area contributed by atoms with Crippen molar-refractivity contribution in [1.29, 1.82) is 0 Å². The molecule has 0 fully saturated rings. The van der Waals surface area contributed by atoms with Gasteiger partial charge < -0.3 is 10.4 Å². The summed E-state index contributed by atoms with van der Waals surface area (Å²) in [6, 6.07) is 1.79. The third-order valence-electron chi connectivity index (χ3n) is 1.37. The van der Waals surface area contributed by atoms with E-state index < -0.39 is 6.10 Å². The van der Waals surface area contributed by atoms with E-state index in [-0.39, 0.29) is 0 Å². The first-order valence-electron chi connectivity index (χ1n) is 3.30. The van der Waals surface area contributed by atoms with E-state index in [0.29, 0.717) is 6.54 Å². The van der Waals surface area contributed by atoms with Crippen molar-refractivity contribution in [2.45, 2.75) is 6.10 Å². The number of halogens is 1. The molecule has 1 heterocycles. The second-order valence-electron chi connectivity index (χ2n) is 2.26. The number of rotatable bonds is 3. The van der Waals surface area contributed by atoms with Crippen LogP contribution in [0.3, 0.4) is 0 Å². The number of thiophene rings is 1. The third-order valence-corrected chi connectivity index (χ3v) is 2.48. The maximum atomic E-state index is 9.42. The molecular formula is C7H10ClNOS. The van der Waals surface area contributed by atoms with Crippen LogP contribution in [0.4, 0.5) is 0 Å². The summed E-state index contributed by atoms with van der Waals surface area (Å²) in [7, 11) is 1.80. The normalized spacial score (nSPS) is 13.4. The topological polar surface area (TPSA) is 32.3 Å². The highest BCUT2D eigenvalue weighted by Crippen LogP contribution is 2.24. The predicted molar refractivity (Wildman–Crippen MR) is 48.2 cm³/mol. The van der Waals surface area contributed by atoms with Crippen LogP contribution >= 0.6 is 22.9 Å². The Morgan fingerprint density at radius 3 is 3.00 bits per heavy atom. The minimum atomic E-state index is -0.441. The van der Waals surface area contributed by atoms with Crippen molar-refractivity contribution in [3.63, 3.8) is 0 Å². The van der Waals surface area contributed by atoms with Gasteiger partial charge in [0, 0.05) is 6.54 Å². The number of hydrogen-bond acceptors (Lipinski definition) is 3. The lowest BCUT2D eigenvalue weighted by atomic mass is 10.2. The van der Waals surface area contributed by atoms with E-state index in [1.807, 2.05) is 5.38 Å². The molecule has 4 heteroatoms. The molecule has 0 aromatic carbocycles. The first-order chi connectivity index (χ1) is 5.24. The van der Waals surface area contributed by atoms with Gasteiger partial charge in [-0.3, -0.25) is 0 Å². The van der Waals surface area contributed by atoms with Gasteiger partial charge in [-0.2, -0.15) is 0 Å². The van der Waals surface area contributed by atoms with Gasteiger partial charge in [0.25, 0.3) is 0 Å². The average molecular weight is 192 g/mol. The smallest absolute Gasteiger partial charge is 0.0932 e. The second kappa shape index (κ2) is 4.07. The van der Waals surface area contributed by atoms with E-state index in [0.717, 1.165) is 9.90 Å². The average Bonchev–Trinajstić information content (AvgIpc) is 2.36. The fourth-order valence-corrected chi connectivity index (χ4v) is 1.75. The van der Waals surface area contributed by atoms with Gasteiger partial charge in [0.15, 0.2) is 0 Å². The number of hydrogen-bond donors (Lipinski definition) is 2. The molecule has 62 valence electrons. The van der Waals surface area contributed by atoms with Crippen LogP contribution in [0, 0.1) is 0 Å². The lowest BCUT2D eigenvalue weighted by Crippen LogP contribution is -2.15. The van der Waals surface area contributed by atoms with Crippen molar-refractivity contribution in [1.82, 2.24) is 5.32 Å². The first-order valence-corrected chi connectivity index (χ1v) is 4.56. The number of nitrogens with one attached hydrogen (secondary N) is 1. The third kappa shape index (κ3) is 2.45. The highest BCUT2D eigenvalue weighted by Gasteiger charge is 2.07. The lowest BCUT2D eigenvalue weighted by molar-refractivity contribution is 0.178. The summed E-state index contributed by atoms with van der Waals surface area (Å²) in [4.78, 5) is 0. The maximum absolute atomic E-state index is 9.42. The van der Waals surface area contributed by atoms with Crippen molar-refractivity contribution in [3.05, 3.63) is 21.3 Å². The summed E-state index contributed by atoms with van der Waals surface area (Å²) in [6.07, 6.45) is -0.441. The van der Waals surface area contributed by atoms with Gasteiger partial charge >= 0.3 is 0 Å². The Morgan fingerprint density at radius 2 is 2.55 bits per heavy atom. The molecule has 2 nitrogen and oxygen atoms in total. The molecule has 1 aromatic rings. The van der Waals surface area contributed by atoms with Crippen LogP contribution in [0.1, 0.15) is 11.7 Å². The van der Waals surface area contributed by atoms with Crippen LogP contribution in [0.2, 0.25) is 4.34 Å². The van der Waals surface area contributed by atoms with Crippen molar-refractivity contribution in [2.24, 2.45) is 0 Å². The van der Waals surface area contributed by atoms with E-state index >= 15 is 0 Å². The molecule has 0 bridgehead atoms. The molecule has 0 radical (unpaired) electrons. The minimum Gasteiger partial charge on any atom is -0.387 e. The molecule has 11 heavy (non-hydrogen) atoms. The molecular weight excluding hydrogens is 182 g/mol. The molecule has 1 atom stereocenters. The SMILES string of the molecule is CNCC(O)c1csc(Cl)c1. The van der Waals surface area contributed by atoms with Gasteiger partial charge in [-0.05, 0) is 24.1 Å². The quantitative estimate of drug-likeness (QED) is 0.762. The molecule has 0 aliphatic heterocycles. The highest BCUT2D eigenvalue weighted by molar-refractivity contribution is 7.14. The van der Waals surface area contributed by atoms with Gasteiger partial charge in [0.1, 0.15) is 0 Å². The van der Waals surface area contributed by atoms with E-state index in [4.69, 9.17) is 11.6 Å². The van der Waals surface area contributed by atoms with Crippen molar-refractivity contribution >= 4 is 22.9 Å². The standard InChI is InChI=1S/C7H10ClNOS/c1-9-3-6(10)5-2-7(8)11-4-5/h2,4,6,9-10H,3H2,1H3. The highest BCUT2D eigenvalue weighted by atomic mass is 35.5. The molecule has 0 aliphatic rings. The summed E-state index contributed by atoms with van der Waals surface area (Å²) in [5, 5.41) is 14.2. The van der Waals surface area contributed by atoms with Crippen LogP contribution in [-0.4, -0.2) is 18.7 Å². The molecule has 0 saturated carbocycles. The van der Waals surface area contributed by atoms with E-state index in [1.165, 1.54) is 11.3 Å². The summed E-state index contributed by atoms with van der Waals surface area (Å²) in [5.41, 5.74) is 0.884. The van der Waals surface area contributed by atoms with Crippen LogP contribution in [0.25, 0.3) is 0 Å². The van der Waals surface area contributed by atoms with Gasteiger partial charge in [-0.15, -0.1) is 11.3 Å². The van der Waals surface area contributed by atoms with Crippen LogP contribution in [0.15, 0.2) is 11.4 Å². The van der Waals surface area contributed by atoms with Gasteiger partial charge in [-0.25, -0.2) is 0 Å². The number of aliphatic hydroxyl groups is 1. The Morgan fingerprint density at radius 1 is 1.82 bits per heavy atom. The predicted octanol–water partition coefficient (Wildman–Crippen LogP) is 1.65. The molecule has 1 aromatic heterocycles. The van der Waals surface area contributed by atoms with Crippen molar-refractivity contribution in [3.8, 4) is 0 Å². The van der Waals surface area contributed by atoms with E-state index in [1.54, 1.807) is 13.1 Å². The first kappa shape index (κ1) is 9.00. The summed E-state index contributed by atoms with van der Waals surface area (Å²) in [5.74, 6) is 0. The van der Waals surface area contributed by atoms with Crippen LogP contribution in [0.5, 0.6) is 0 Å². The number of likely N-dealkylation sites (N-methyl/N-ethyl adjacent to an activating group) is 1. The molecule has 2 N–H and O–H groups in total. The Bertz CT molecular complexity index is 226. The molecule has 1 rings (SSSR count). The molecule has 0 amide bonds. The largest absolute Gasteiger partial charge is 0.387 e. The van der Waals surface area contributed by atoms with Crippen LogP contribution < -0.4 is 5.32 Å². The van der Waals surface area contributed by atoms with Gasteiger partial charge in [0.2, 0.25) is 0 Å². The van der Waals surface area contributed by atoms with E-state index in [9.17, 15) is 5.11 Å². The monoisotopic (exact) mass is 191 g/mol. The Labute approximate surface area is 74.8 Å². The zero-order valence-electron chi connectivity index (χ0n) is 6.17. The second-order valence-corrected chi connectivity index (χ2v) is 3.80. The zero-order valence-corrected chi connectivity index (χ0v) is 7.75. The summed E-state index contributed by atoms with van der Waals surface area (Å²) >= 11 is 7.13. The Balaban J connectivity index is 2.60. The Hall–Kier alpha value is -0.0900. The van der Waals surface area contributed by atoms with E-state index in [2.05, 4.69) is 5.32 Å². The lowest BCUT2D eigenvalue weighted by Gasteiger charge is -2.05. The Kier molecular flexibility index (Phi) is 3.33. The van der Waals surface area contributed by atoms with Crippen LogP contribution in [-0.2, 0) is 0 Å². The van der Waals surface area contributed by atoms with Gasteiger partial charge in [0.05, 0.1) is 10.4 Å². The minimum absolute atomic E-state index is 0.441. The fraction of sp³-hybridized carbons (Fsp3) is 0.429. The van der Waals surface area contributed by atoms with Gasteiger partial charge in [-0.1, -0.05) is 11.6 Å². The molecule has 0 spiro atoms. The molecule has 0 aliphatic carbocycles.